The molecule has 1 N–H and O–H groups in total. The Morgan fingerprint density at radius 2 is 1.82 bits per heavy atom. The van der Waals surface area contributed by atoms with Crippen molar-refractivity contribution in [2.24, 2.45) is 0 Å². The van der Waals surface area contributed by atoms with E-state index in [-0.39, 0.29) is 24.4 Å². The van der Waals surface area contributed by atoms with Crippen molar-refractivity contribution < 1.29 is 14.3 Å². The molecule has 28 heavy (non-hydrogen) atoms. The Bertz CT molecular complexity index is 1120. The molecule has 0 aliphatic rings. The zero-order valence-corrected chi connectivity index (χ0v) is 16.0. The summed E-state index contributed by atoms with van der Waals surface area (Å²) in [6, 6.07) is 12.6. The third-order valence-electron chi connectivity index (χ3n) is 4.44. The van der Waals surface area contributed by atoms with Gasteiger partial charge in [0.1, 0.15) is 6.54 Å². The Balaban J connectivity index is 1.95. The zero-order chi connectivity index (χ0) is 20.3. The summed E-state index contributed by atoms with van der Waals surface area (Å²) in [5.41, 5.74) is 2.63. The molecule has 144 valence electrons. The maximum absolute atomic E-state index is 12.7. The van der Waals surface area contributed by atoms with Crippen LogP contribution in [0.1, 0.15) is 16.8 Å². The van der Waals surface area contributed by atoms with Crippen molar-refractivity contribution in [3.05, 3.63) is 69.6 Å². The number of fused-ring (bicyclic) bond motifs is 1. The number of amides is 1. The van der Waals surface area contributed by atoms with Gasteiger partial charge in [0.25, 0.3) is 5.56 Å². The summed E-state index contributed by atoms with van der Waals surface area (Å²) in [4.78, 5) is 37.0. The lowest BCUT2D eigenvalue weighted by Crippen LogP contribution is -2.31. The Morgan fingerprint density at radius 3 is 2.54 bits per heavy atom. The number of nitrogens with zero attached hydrogens (tertiary/aromatic N) is 2. The minimum absolute atomic E-state index is 0.0874. The van der Waals surface area contributed by atoms with Crippen LogP contribution in [0.2, 0.25) is 0 Å². The summed E-state index contributed by atoms with van der Waals surface area (Å²) >= 11 is 0. The van der Waals surface area contributed by atoms with E-state index in [2.05, 4.69) is 10.4 Å². The van der Waals surface area contributed by atoms with Gasteiger partial charge in [0.05, 0.1) is 24.6 Å². The van der Waals surface area contributed by atoms with Gasteiger partial charge in [-0.1, -0.05) is 30.3 Å². The number of hydrogen-bond acceptors (Lipinski definition) is 5. The second-order valence-corrected chi connectivity index (χ2v) is 6.57. The van der Waals surface area contributed by atoms with Gasteiger partial charge < -0.3 is 10.1 Å². The lowest BCUT2D eigenvalue weighted by molar-refractivity contribution is -0.139. The highest BCUT2D eigenvalue weighted by atomic mass is 16.5. The number of rotatable bonds is 5. The standard InChI is InChI=1S/C21H21N3O4/c1-13-8-9-14(2)17(10-13)22-19(25)12-24-21(27)16-7-5-4-6-15(16)18(23-24)11-20(26)28-3/h4-10H,11-12H2,1-3H3,(H,22,25). The van der Waals surface area contributed by atoms with E-state index in [1.165, 1.54) is 7.11 Å². The summed E-state index contributed by atoms with van der Waals surface area (Å²) in [5, 5.41) is 8.04. The van der Waals surface area contributed by atoms with E-state index in [4.69, 9.17) is 4.74 Å². The lowest BCUT2D eigenvalue weighted by Gasteiger charge is -2.12. The molecule has 2 aromatic carbocycles. The minimum atomic E-state index is -0.470. The molecule has 1 amide bonds. The molecule has 3 aromatic rings. The highest BCUT2D eigenvalue weighted by Gasteiger charge is 2.16. The van der Waals surface area contributed by atoms with E-state index in [0.717, 1.165) is 15.8 Å². The van der Waals surface area contributed by atoms with E-state index >= 15 is 0 Å². The second-order valence-electron chi connectivity index (χ2n) is 6.57. The first-order valence-electron chi connectivity index (χ1n) is 8.81. The highest BCUT2D eigenvalue weighted by molar-refractivity contribution is 5.92. The first-order chi connectivity index (χ1) is 13.4. The van der Waals surface area contributed by atoms with Crippen molar-refractivity contribution in [1.82, 2.24) is 9.78 Å². The quantitative estimate of drug-likeness (QED) is 0.688. The van der Waals surface area contributed by atoms with E-state index in [1.807, 2.05) is 32.0 Å². The van der Waals surface area contributed by atoms with Crippen molar-refractivity contribution >= 4 is 28.3 Å². The number of methoxy groups -OCH3 is 1. The van der Waals surface area contributed by atoms with Crippen LogP contribution in [0.4, 0.5) is 5.69 Å². The van der Waals surface area contributed by atoms with Crippen LogP contribution < -0.4 is 10.9 Å². The molecule has 0 aliphatic heterocycles. The molecule has 0 aliphatic carbocycles. The SMILES string of the molecule is COC(=O)Cc1nn(CC(=O)Nc2cc(C)ccc2C)c(=O)c2ccccc12. The van der Waals surface area contributed by atoms with Crippen molar-refractivity contribution in [3.63, 3.8) is 0 Å². The topological polar surface area (TPSA) is 90.3 Å². The van der Waals surface area contributed by atoms with Crippen LogP contribution in [0.25, 0.3) is 10.8 Å². The molecule has 1 heterocycles. The first kappa shape index (κ1) is 19.3. The molecule has 0 unspecified atom stereocenters. The van der Waals surface area contributed by atoms with E-state index in [1.54, 1.807) is 24.3 Å². The van der Waals surface area contributed by atoms with Gasteiger partial charge >= 0.3 is 5.97 Å². The van der Waals surface area contributed by atoms with Crippen molar-refractivity contribution in [2.75, 3.05) is 12.4 Å². The summed E-state index contributed by atoms with van der Waals surface area (Å²) in [6.45, 7) is 3.57. The van der Waals surface area contributed by atoms with E-state index < -0.39 is 5.97 Å². The minimum Gasteiger partial charge on any atom is -0.469 e. The first-order valence-corrected chi connectivity index (χ1v) is 8.81. The van der Waals surface area contributed by atoms with Gasteiger partial charge in [-0.2, -0.15) is 5.10 Å². The van der Waals surface area contributed by atoms with Gasteiger partial charge in [-0.05, 0) is 37.1 Å². The fourth-order valence-corrected chi connectivity index (χ4v) is 2.95. The molecule has 0 radical (unpaired) electrons. The number of esters is 1. The molecule has 3 rings (SSSR count). The number of aromatic nitrogens is 2. The van der Waals surface area contributed by atoms with Crippen LogP contribution in [0.5, 0.6) is 0 Å². The fourth-order valence-electron chi connectivity index (χ4n) is 2.95. The molecule has 0 saturated carbocycles. The zero-order valence-electron chi connectivity index (χ0n) is 16.0. The maximum atomic E-state index is 12.7. The normalized spacial score (nSPS) is 10.7. The van der Waals surface area contributed by atoms with Crippen LogP contribution in [-0.2, 0) is 27.3 Å². The molecular weight excluding hydrogens is 358 g/mol. The number of aryl methyl sites for hydroxylation is 2. The number of carbonyl (C=O) groups is 2. The fraction of sp³-hybridized carbons (Fsp3) is 0.238. The molecular formula is C21H21N3O4. The molecule has 0 fully saturated rings. The van der Waals surface area contributed by atoms with Gasteiger partial charge in [0, 0.05) is 11.1 Å². The summed E-state index contributed by atoms with van der Waals surface area (Å²) in [7, 11) is 1.29. The molecule has 7 heteroatoms. The number of ether oxygens (including phenoxy) is 1. The Kier molecular flexibility index (Phi) is 5.54. The predicted octanol–water partition coefficient (Wildman–Crippen LogP) is 2.37. The smallest absolute Gasteiger partial charge is 0.311 e. The monoisotopic (exact) mass is 379 g/mol. The molecule has 0 bridgehead atoms. The second kappa shape index (κ2) is 8.04. The number of benzene rings is 2. The number of nitrogens with one attached hydrogen (secondary N) is 1. The van der Waals surface area contributed by atoms with Gasteiger partial charge in [-0.25, -0.2) is 4.68 Å². The Morgan fingerprint density at radius 1 is 1.11 bits per heavy atom. The van der Waals surface area contributed by atoms with Gasteiger partial charge in [0.15, 0.2) is 0 Å². The molecule has 0 atom stereocenters. The summed E-state index contributed by atoms with van der Waals surface area (Å²) in [5.74, 6) is -0.842. The van der Waals surface area contributed by atoms with Gasteiger partial charge in [0.2, 0.25) is 5.91 Å². The lowest BCUT2D eigenvalue weighted by atomic mass is 10.1. The average Bonchev–Trinajstić information content (AvgIpc) is 2.68. The summed E-state index contributed by atoms with van der Waals surface area (Å²) in [6.07, 6.45) is -0.0874. The summed E-state index contributed by atoms with van der Waals surface area (Å²) < 4.78 is 5.80. The molecule has 0 saturated heterocycles. The largest absolute Gasteiger partial charge is 0.469 e. The Hall–Kier alpha value is -3.48. The third-order valence-corrected chi connectivity index (χ3v) is 4.44. The van der Waals surface area contributed by atoms with Crippen LogP contribution in [0.15, 0.2) is 47.3 Å². The highest BCUT2D eigenvalue weighted by Crippen LogP contribution is 2.17. The predicted molar refractivity (Wildman–Crippen MR) is 106 cm³/mol. The van der Waals surface area contributed by atoms with Gasteiger partial charge in [-0.3, -0.25) is 14.4 Å². The van der Waals surface area contributed by atoms with Crippen LogP contribution in [0, 0.1) is 13.8 Å². The Labute approximate surface area is 161 Å². The number of carbonyl (C=O) groups excluding carboxylic acids is 2. The van der Waals surface area contributed by atoms with Crippen molar-refractivity contribution in [1.29, 1.82) is 0 Å². The molecule has 7 nitrogen and oxygen atoms in total. The van der Waals surface area contributed by atoms with Crippen molar-refractivity contribution in [2.45, 2.75) is 26.8 Å². The average molecular weight is 379 g/mol. The van der Waals surface area contributed by atoms with Gasteiger partial charge in [-0.15, -0.1) is 0 Å². The van der Waals surface area contributed by atoms with Crippen molar-refractivity contribution in [3.8, 4) is 0 Å². The number of anilines is 1. The maximum Gasteiger partial charge on any atom is 0.311 e. The molecule has 0 spiro atoms. The van der Waals surface area contributed by atoms with Crippen LogP contribution in [0.3, 0.4) is 0 Å². The van der Waals surface area contributed by atoms with E-state index in [0.29, 0.717) is 22.2 Å². The number of hydrogen-bond donors (Lipinski definition) is 1. The van der Waals surface area contributed by atoms with E-state index in [9.17, 15) is 14.4 Å². The van der Waals surface area contributed by atoms with Crippen LogP contribution >= 0.6 is 0 Å². The van der Waals surface area contributed by atoms with Crippen LogP contribution in [-0.4, -0.2) is 28.8 Å². The third kappa shape index (κ3) is 4.09. The molecule has 1 aromatic heterocycles.